The van der Waals surface area contributed by atoms with E-state index in [1.807, 2.05) is 35.2 Å². The van der Waals surface area contributed by atoms with Crippen molar-refractivity contribution in [2.45, 2.75) is 12.5 Å². The lowest BCUT2D eigenvalue weighted by Crippen LogP contribution is -2.50. The van der Waals surface area contributed by atoms with E-state index in [9.17, 15) is 14.0 Å². The first-order chi connectivity index (χ1) is 12.1. The molecule has 3 rings (SSSR count). The first-order valence-corrected chi connectivity index (χ1v) is 8.26. The zero-order valence-electron chi connectivity index (χ0n) is 13.7. The van der Waals surface area contributed by atoms with Crippen LogP contribution in [0.4, 0.5) is 10.1 Å². The Labute approximate surface area is 145 Å². The number of amides is 2. The minimum absolute atomic E-state index is 0.0630. The highest BCUT2D eigenvalue weighted by Gasteiger charge is 2.30. The van der Waals surface area contributed by atoms with Gasteiger partial charge in [-0.1, -0.05) is 42.5 Å². The monoisotopic (exact) mass is 341 g/mol. The lowest BCUT2D eigenvalue weighted by molar-refractivity contribution is -0.130. The second-order valence-electron chi connectivity index (χ2n) is 5.92. The smallest absolute Gasteiger partial charge is 0.242 e. The van der Waals surface area contributed by atoms with Crippen LogP contribution in [-0.2, 0) is 9.59 Å². The van der Waals surface area contributed by atoms with Crippen LogP contribution >= 0.6 is 0 Å². The Morgan fingerprint density at radius 1 is 1.16 bits per heavy atom. The first kappa shape index (κ1) is 17.1. The SMILES string of the molecule is O=C(CCN1CCNC(=O)C1c1ccccc1)Nc1ccccc1F. The standard InChI is InChI=1S/C19H20FN3O2/c20-15-8-4-5-9-16(15)22-17(24)10-12-23-13-11-21-19(25)18(23)14-6-2-1-3-7-14/h1-9,18H,10-13H2,(H,21,25)(H,22,24). The number of rotatable bonds is 5. The van der Waals surface area contributed by atoms with Crippen LogP contribution in [0.2, 0.25) is 0 Å². The second kappa shape index (κ2) is 7.90. The predicted molar refractivity (Wildman–Crippen MR) is 93.4 cm³/mol. The number of carbonyl (C=O) groups excluding carboxylic acids is 2. The lowest BCUT2D eigenvalue weighted by atomic mass is 10.0. The zero-order valence-corrected chi connectivity index (χ0v) is 13.7. The molecule has 1 saturated heterocycles. The molecule has 2 aromatic carbocycles. The summed E-state index contributed by atoms with van der Waals surface area (Å²) in [5, 5.41) is 5.44. The van der Waals surface area contributed by atoms with E-state index in [1.54, 1.807) is 12.1 Å². The van der Waals surface area contributed by atoms with Gasteiger partial charge in [0, 0.05) is 26.1 Å². The van der Waals surface area contributed by atoms with Crippen LogP contribution in [0.25, 0.3) is 0 Å². The van der Waals surface area contributed by atoms with E-state index in [0.29, 0.717) is 19.6 Å². The molecule has 6 heteroatoms. The molecule has 2 amide bonds. The van der Waals surface area contributed by atoms with Gasteiger partial charge in [0.25, 0.3) is 0 Å². The Hall–Kier alpha value is -2.73. The third-order valence-corrected chi connectivity index (χ3v) is 4.20. The quantitative estimate of drug-likeness (QED) is 0.877. The van der Waals surface area contributed by atoms with E-state index in [-0.39, 0.29) is 23.9 Å². The van der Waals surface area contributed by atoms with Gasteiger partial charge in [0.2, 0.25) is 11.8 Å². The Balaban J connectivity index is 1.63. The minimum Gasteiger partial charge on any atom is -0.353 e. The fourth-order valence-electron chi connectivity index (χ4n) is 2.97. The largest absolute Gasteiger partial charge is 0.353 e. The second-order valence-corrected chi connectivity index (χ2v) is 5.92. The molecule has 0 aliphatic carbocycles. The molecule has 130 valence electrons. The molecule has 0 saturated carbocycles. The predicted octanol–water partition coefficient (Wildman–Crippen LogP) is 2.33. The molecule has 0 radical (unpaired) electrons. The normalized spacial score (nSPS) is 17.8. The molecule has 1 aliphatic heterocycles. The van der Waals surface area contributed by atoms with Gasteiger partial charge in [-0.05, 0) is 17.7 Å². The number of halogens is 1. The summed E-state index contributed by atoms with van der Waals surface area (Å²) in [4.78, 5) is 26.4. The van der Waals surface area contributed by atoms with E-state index in [4.69, 9.17) is 0 Å². The number of nitrogens with zero attached hydrogens (tertiary/aromatic N) is 1. The van der Waals surface area contributed by atoms with Gasteiger partial charge in [-0.15, -0.1) is 0 Å². The molecule has 0 spiro atoms. The van der Waals surface area contributed by atoms with Crippen LogP contribution < -0.4 is 10.6 Å². The lowest BCUT2D eigenvalue weighted by Gasteiger charge is -2.35. The summed E-state index contributed by atoms with van der Waals surface area (Å²) in [5.41, 5.74) is 1.07. The van der Waals surface area contributed by atoms with Crippen LogP contribution in [0, 0.1) is 5.82 Å². The Bertz CT molecular complexity index is 751. The van der Waals surface area contributed by atoms with E-state index in [1.165, 1.54) is 12.1 Å². The highest BCUT2D eigenvalue weighted by Crippen LogP contribution is 2.23. The number of anilines is 1. The number of hydrogen-bond acceptors (Lipinski definition) is 3. The highest BCUT2D eigenvalue weighted by molar-refractivity contribution is 5.91. The van der Waals surface area contributed by atoms with E-state index >= 15 is 0 Å². The van der Waals surface area contributed by atoms with Crippen molar-refractivity contribution in [1.29, 1.82) is 0 Å². The molecule has 0 bridgehead atoms. The first-order valence-electron chi connectivity index (χ1n) is 8.26. The molecule has 1 fully saturated rings. The molecule has 25 heavy (non-hydrogen) atoms. The molecule has 0 aromatic heterocycles. The molecule has 2 aromatic rings. The third-order valence-electron chi connectivity index (χ3n) is 4.20. The van der Waals surface area contributed by atoms with Crippen molar-refractivity contribution in [3.05, 3.63) is 66.0 Å². The maximum Gasteiger partial charge on any atom is 0.242 e. The molecular formula is C19H20FN3O2. The van der Waals surface area contributed by atoms with Gasteiger partial charge in [0.1, 0.15) is 11.9 Å². The number of benzene rings is 2. The molecule has 1 atom stereocenters. The van der Waals surface area contributed by atoms with Crippen LogP contribution in [-0.4, -0.2) is 36.3 Å². The topological polar surface area (TPSA) is 61.4 Å². The maximum absolute atomic E-state index is 13.6. The summed E-state index contributed by atoms with van der Waals surface area (Å²) in [6, 6.07) is 15.1. The van der Waals surface area contributed by atoms with E-state index < -0.39 is 11.9 Å². The Kier molecular flexibility index (Phi) is 5.40. The van der Waals surface area contributed by atoms with Gasteiger partial charge >= 0.3 is 0 Å². The van der Waals surface area contributed by atoms with E-state index in [2.05, 4.69) is 10.6 Å². The van der Waals surface area contributed by atoms with Gasteiger partial charge < -0.3 is 10.6 Å². The van der Waals surface area contributed by atoms with Crippen molar-refractivity contribution in [2.24, 2.45) is 0 Å². The summed E-state index contributed by atoms with van der Waals surface area (Å²) >= 11 is 0. The number of hydrogen-bond donors (Lipinski definition) is 2. The van der Waals surface area contributed by atoms with Crippen molar-refractivity contribution in [2.75, 3.05) is 25.0 Å². The molecule has 1 unspecified atom stereocenters. The maximum atomic E-state index is 13.6. The summed E-state index contributed by atoms with van der Waals surface area (Å²) in [6.45, 7) is 1.64. The van der Waals surface area contributed by atoms with Crippen molar-refractivity contribution in [3.8, 4) is 0 Å². The summed E-state index contributed by atoms with van der Waals surface area (Å²) in [7, 11) is 0. The van der Waals surface area contributed by atoms with Crippen molar-refractivity contribution in [3.63, 3.8) is 0 Å². The average molecular weight is 341 g/mol. The average Bonchev–Trinajstić information content (AvgIpc) is 2.63. The third kappa shape index (κ3) is 4.22. The molecule has 1 heterocycles. The van der Waals surface area contributed by atoms with Crippen LogP contribution in [0.1, 0.15) is 18.0 Å². The van der Waals surface area contributed by atoms with Gasteiger partial charge in [-0.2, -0.15) is 0 Å². The Morgan fingerprint density at radius 3 is 2.64 bits per heavy atom. The van der Waals surface area contributed by atoms with Crippen LogP contribution in [0.5, 0.6) is 0 Å². The highest BCUT2D eigenvalue weighted by atomic mass is 19.1. The number of piperazine rings is 1. The van der Waals surface area contributed by atoms with Gasteiger partial charge in [0.05, 0.1) is 5.69 Å². The summed E-state index contributed by atoms with van der Waals surface area (Å²) in [6.07, 6.45) is 0.185. The van der Waals surface area contributed by atoms with Gasteiger partial charge in [-0.3, -0.25) is 14.5 Å². The number of para-hydroxylation sites is 1. The molecule has 1 aliphatic rings. The zero-order chi connectivity index (χ0) is 17.6. The fraction of sp³-hybridized carbons (Fsp3) is 0.263. The van der Waals surface area contributed by atoms with Crippen molar-refractivity contribution < 1.29 is 14.0 Å². The van der Waals surface area contributed by atoms with E-state index in [0.717, 1.165) is 5.56 Å². The molecular weight excluding hydrogens is 321 g/mol. The van der Waals surface area contributed by atoms with Gasteiger partial charge in [-0.25, -0.2) is 4.39 Å². The molecule has 2 N–H and O–H groups in total. The van der Waals surface area contributed by atoms with Gasteiger partial charge in [0.15, 0.2) is 0 Å². The number of carbonyl (C=O) groups is 2. The minimum atomic E-state index is -0.463. The Morgan fingerprint density at radius 2 is 1.88 bits per heavy atom. The summed E-state index contributed by atoms with van der Waals surface area (Å²) < 4.78 is 13.6. The summed E-state index contributed by atoms with van der Waals surface area (Å²) in [5.74, 6) is -0.801. The van der Waals surface area contributed by atoms with Crippen LogP contribution in [0.3, 0.4) is 0 Å². The molecule has 5 nitrogen and oxygen atoms in total. The van der Waals surface area contributed by atoms with Crippen LogP contribution in [0.15, 0.2) is 54.6 Å². The number of nitrogens with one attached hydrogen (secondary N) is 2. The van der Waals surface area contributed by atoms with Crippen molar-refractivity contribution in [1.82, 2.24) is 10.2 Å². The van der Waals surface area contributed by atoms with Crippen molar-refractivity contribution >= 4 is 17.5 Å². The fourth-order valence-corrected chi connectivity index (χ4v) is 2.97.